The van der Waals surface area contributed by atoms with Crippen LogP contribution in [0.3, 0.4) is 0 Å². The Balaban J connectivity index is 0.815. The second-order valence-electron chi connectivity index (χ2n) is 24.2. The highest BCUT2D eigenvalue weighted by atomic mass is 15.2. The Morgan fingerprint density at radius 3 is 0.922 bits per heavy atom. The maximum Gasteiger partial charge on any atom is 0.0569 e. The first-order chi connectivity index (χ1) is 44.3. The lowest BCUT2D eigenvalue weighted by atomic mass is 9.92. The molecule has 16 rings (SSSR count). The van der Waals surface area contributed by atoms with Gasteiger partial charge in [-0.05, 0) is 232 Å². The minimum atomic E-state index is 1.09. The normalized spacial score (nSPS) is 11.6. The van der Waals surface area contributed by atoms with Gasteiger partial charge in [0.1, 0.15) is 0 Å². The lowest BCUT2D eigenvalue weighted by molar-refractivity contribution is 1.22. The van der Waals surface area contributed by atoms with Gasteiger partial charge in [0.2, 0.25) is 0 Å². The molecule has 2 heteroatoms. The van der Waals surface area contributed by atoms with Gasteiger partial charge in [0.25, 0.3) is 0 Å². The summed E-state index contributed by atoms with van der Waals surface area (Å²) in [5, 5.41) is 15.0. The third-order valence-electron chi connectivity index (χ3n) is 18.7. The molecule has 0 bridgehead atoms. The SMILES string of the molecule is Cc1cc(-c2ccc(N(c3ccc(-c4cc5ccccc5c5ccccc45)cc3)c3c(C)cccc3-c3ccc4ccccc4c3)c(C)c2)ccc1N(c1ccc(-c2cc3ccccc3c3ccccc23)cc1)c1c(C)cccc1-c1ccc2ccccc2c1. The first-order valence-corrected chi connectivity index (χ1v) is 31.3. The summed E-state index contributed by atoms with van der Waals surface area (Å²) in [5.74, 6) is 0. The monoisotopic (exact) mass is 1150 g/mol. The second-order valence-corrected chi connectivity index (χ2v) is 24.2. The summed E-state index contributed by atoms with van der Waals surface area (Å²) in [6.45, 7) is 9.05. The number of fused-ring (bicyclic) bond motifs is 8. The smallest absolute Gasteiger partial charge is 0.0569 e. The molecule has 0 amide bonds. The van der Waals surface area contributed by atoms with E-state index in [2.05, 4.69) is 353 Å². The van der Waals surface area contributed by atoms with Crippen LogP contribution in [0.5, 0.6) is 0 Å². The quantitative estimate of drug-likeness (QED) is 0.119. The first-order valence-electron chi connectivity index (χ1n) is 31.3. The third-order valence-corrected chi connectivity index (χ3v) is 18.7. The van der Waals surface area contributed by atoms with Crippen molar-refractivity contribution >= 4 is 98.8 Å². The standard InChI is InChI=1S/C88H64N2/c1-57-19-17-33-77(71-37-35-61-21-5-7-23-65(61)53-71)87(57)89(73-45-39-63(40-46-73)83-55-69-25-9-11-27-75(69)79-29-13-15-31-81(79)83)85-49-43-67(51-59(85)3)68-44-50-86(60(4)52-68)90(88-58(2)20-18-34-78(88)72-38-36-62-22-6-8-24-66(62)54-72)74-47-41-64(42-48-74)84-56-70-26-10-12-28-76(70)80-30-14-16-32-82(80)84/h5-56H,1-4H3. The summed E-state index contributed by atoms with van der Waals surface area (Å²) in [4.78, 5) is 4.99. The summed E-state index contributed by atoms with van der Waals surface area (Å²) in [7, 11) is 0. The maximum atomic E-state index is 2.50. The van der Waals surface area contributed by atoms with E-state index in [0.29, 0.717) is 0 Å². The van der Waals surface area contributed by atoms with Crippen LogP contribution < -0.4 is 9.80 Å². The summed E-state index contributed by atoms with van der Waals surface area (Å²) in [6.07, 6.45) is 0. The zero-order valence-electron chi connectivity index (χ0n) is 50.9. The lowest BCUT2D eigenvalue weighted by Gasteiger charge is -2.32. The van der Waals surface area contributed by atoms with E-state index >= 15 is 0 Å². The van der Waals surface area contributed by atoms with Gasteiger partial charge in [0.05, 0.1) is 11.4 Å². The van der Waals surface area contributed by atoms with E-state index in [9.17, 15) is 0 Å². The molecule has 16 aromatic rings. The van der Waals surface area contributed by atoms with Crippen LogP contribution in [0.15, 0.2) is 315 Å². The predicted molar refractivity (Wildman–Crippen MR) is 387 cm³/mol. The minimum Gasteiger partial charge on any atom is -0.309 e. The van der Waals surface area contributed by atoms with Crippen LogP contribution in [0.1, 0.15) is 22.3 Å². The van der Waals surface area contributed by atoms with Gasteiger partial charge in [-0.1, -0.05) is 243 Å². The summed E-state index contributed by atoms with van der Waals surface area (Å²) in [5.41, 5.74) is 23.4. The zero-order chi connectivity index (χ0) is 60.4. The molecule has 0 saturated carbocycles. The van der Waals surface area contributed by atoms with Crippen molar-refractivity contribution in [3.05, 3.63) is 338 Å². The van der Waals surface area contributed by atoms with Gasteiger partial charge in [0.15, 0.2) is 0 Å². The molecule has 0 saturated heterocycles. The van der Waals surface area contributed by atoms with E-state index in [0.717, 1.165) is 45.3 Å². The number of benzene rings is 16. The highest BCUT2D eigenvalue weighted by Crippen LogP contribution is 2.49. The molecule has 0 aromatic heterocycles. The number of hydrogen-bond acceptors (Lipinski definition) is 2. The molecule has 0 aliphatic carbocycles. The molecular weight excluding hydrogens is 1080 g/mol. The van der Waals surface area contributed by atoms with E-state index in [1.165, 1.54) is 131 Å². The number of nitrogens with zero attached hydrogens (tertiary/aromatic N) is 2. The molecule has 426 valence electrons. The van der Waals surface area contributed by atoms with E-state index in [-0.39, 0.29) is 0 Å². The molecule has 0 N–H and O–H groups in total. The van der Waals surface area contributed by atoms with Crippen molar-refractivity contribution in [2.24, 2.45) is 0 Å². The Labute approximate surface area is 526 Å². The van der Waals surface area contributed by atoms with Crippen LogP contribution in [-0.4, -0.2) is 0 Å². The van der Waals surface area contributed by atoms with Crippen molar-refractivity contribution in [2.45, 2.75) is 27.7 Å². The van der Waals surface area contributed by atoms with Gasteiger partial charge in [0, 0.05) is 33.9 Å². The largest absolute Gasteiger partial charge is 0.309 e. The molecule has 0 aliphatic heterocycles. The van der Waals surface area contributed by atoms with Gasteiger partial charge in [-0.2, -0.15) is 0 Å². The summed E-state index contributed by atoms with van der Waals surface area (Å²) in [6, 6.07) is 117. The van der Waals surface area contributed by atoms with Gasteiger partial charge in [-0.25, -0.2) is 0 Å². The topological polar surface area (TPSA) is 6.48 Å². The van der Waals surface area contributed by atoms with E-state index in [4.69, 9.17) is 0 Å². The van der Waals surface area contributed by atoms with Crippen molar-refractivity contribution in [2.75, 3.05) is 9.80 Å². The predicted octanol–water partition coefficient (Wildman–Crippen LogP) is 25.1. The van der Waals surface area contributed by atoms with E-state index in [1.54, 1.807) is 0 Å². The molecule has 0 spiro atoms. The second kappa shape index (κ2) is 22.4. The Kier molecular flexibility index (Phi) is 13.5. The Morgan fingerprint density at radius 1 is 0.189 bits per heavy atom. The number of para-hydroxylation sites is 2. The lowest BCUT2D eigenvalue weighted by Crippen LogP contribution is -2.14. The number of aryl methyl sites for hydroxylation is 4. The molecule has 0 atom stereocenters. The molecular formula is C88H64N2. The Hall–Kier alpha value is -11.3. The van der Waals surface area contributed by atoms with Crippen molar-refractivity contribution in [1.29, 1.82) is 0 Å². The molecule has 2 nitrogen and oxygen atoms in total. The van der Waals surface area contributed by atoms with E-state index in [1.807, 2.05) is 0 Å². The Bertz CT molecular complexity index is 5140. The molecule has 0 fully saturated rings. The Morgan fingerprint density at radius 2 is 0.522 bits per heavy atom. The zero-order valence-corrected chi connectivity index (χ0v) is 50.9. The maximum absolute atomic E-state index is 2.50. The van der Waals surface area contributed by atoms with Gasteiger partial charge in [-0.3, -0.25) is 0 Å². The van der Waals surface area contributed by atoms with Crippen LogP contribution in [0.4, 0.5) is 34.1 Å². The fourth-order valence-corrected chi connectivity index (χ4v) is 14.2. The highest BCUT2D eigenvalue weighted by Gasteiger charge is 2.25. The van der Waals surface area contributed by atoms with Crippen LogP contribution >= 0.6 is 0 Å². The van der Waals surface area contributed by atoms with Crippen molar-refractivity contribution in [3.63, 3.8) is 0 Å². The van der Waals surface area contributed by atoms with Gasteiger partial charge < -0.3 is 9.80 Å². The van der Waals surface area contributed by atoms with Gasteiger partial charge in [-0.15, -0.1) is 0 Å². The summed E-state index contributed by atoms with van der Waals surface area (Å²) < 4.78 is 0. The van der Waals surface area contributed by atoms with Crippen molar-refractivity contribution in [1.82, 2.24) is 0 Å². The summed E-state index contributed by atoms with van der Waals surface area (Å²) >= 11 is 0. The number of hydrogen-bond donors (Lipinski definition) is 0. The minimum absolute atomic E-state index is 1.09. The van der Waals surface area contributed by atoms with Gasteiger partial charge >= 0.3 is 0 Å². The van der Waals surface area contributed by atoms with Crippen LogP contribution in [-0.2, 0) is 0 Å². The average Bonchev–Trinajstić information content (AvgIpc) is 0.835. The van der Waals surface area contributed by atoms with Crippen molar-refractivity contribution < 1.29 is 0 Å². The molecule has 0 heterocycles. The van der Waals surface area contributed by atoms with Crippen LogP contribution in [0, 0.1) is 27.7 Å². The van der Waals surface area contributed by atoms with Crippen LogP contribution in [0.2, 0.25) is 0 Å². The molecule has 90 heavy (non-hydrogen) atoms. The number of rotatable bonds is 11. The first kappa shape index (κ1) is 54.1. The molecule has 0 radical (unpaired) electrons. The fourth-order valence-electron chi connectivity index (χ4n) is 14.2. The van der Waals surface area contributed by atoms with Crippen molar-refractivity contribution in [3.8, 4) is 55.6 Å². The molecule has 0 aliphatic rings. The van der Waals surface area contributed by atoms with Crippen LogP contribution in [0.25, 0.3) is 120 Å². The third kappa shape index (κ3) is 9.53. The van der Waals surface area contributed by atoms with E-state index < -0.39 is 0 Å². The number of anilines is 6. The average molecular weight is 1150 g/mol. The molecule has 16 aromatic carbocycles. The molecule has 0 unspecified atom stereocenters. The highest BCUT2D eigenvalue weighted by molar-refractivity contribution is 6.15. The fraction of sp³-hybridized carbons (Fsp3) is 0.0455.